The second-order valence-electron chi connectivity index (χ2n) is 8.12. The van der Waals surface area contributed by atoms with E-state index in [1.54, 1.807) is 18.2 Å². The van der Waals surface area contributed by atoms with Gasteiger partial charge in [-0.2, -0.15) is 15.0 Å². The van der Waals surface area contributed by atoms with Gasteiger partial charge in [-0.1, -0.05) is 18.2 Å². The second-order valence-corrected chi connectivity index (χ2v) is 8.12. The number of hydrogen-bond donors (Lipinski definition) is 2. The van der Waals surface area contributed by atoms with E-state index in [-0.39, 0.29) is 17.7 Å². The Labute approximate surface area is 186 Å². The van der Waals surface area contributed by atoms with E-state index in [9.17, 15) is 5.11 Å². The third-order valence-corrected chi connectivity index (χ3v) is 5.73. The van der Waals surface area contributed by atoms with Gasteiger partial charge in [0.25, 0.3) is 0 Å². The molecule has 1 saturated heterocycles. The summed E-state index contributed by atoms with van der Waals surface area (Å²) in [5.41, 5.74) is 7.89. The summed E-state index contributed by atoms with van der Waals surface area (Å²) in [5.74, 6) is 2.97. The molecular formula is C23H26N6O3. The summed E-state index contributed by atoms with van der Waals surface area (Å²) >= 11 is 0. The lowest BCUT2D eigenvalue weighted by Gasteiger charge is -2.40. The van der Waals surface area contributed by atoms with Crippen molar-refractivity contribution in [2.24, 2.45) is 0 Å². The summed E-state index contributed by atoms with van der Waals surface area (Å²) < 4.78 is 11.3. The number of nitrogens with two attached hydrogens (primary N) is 1. The number of fused-ring (bicyclic) bond motifs is 1. The van der Waals surface area contributed by atoms with Crippen LogP contribution in [0.15, 0.2) is 42.5 Å². The van der Waals surface area contributed by atoms with Crippen molar-refractivity contribution in [1.82, 2.24) is 19.9 Å². The van der Waals surface area contributed by atoms with Gasteiger partial charge >= 0.3 is 0 Å². The Bertz CT molecular complexity index is 1120. The van der Waals surface area contributed by atoms with Gasteiger partial charge in [0, 0.05) is 37.8 Å². The lowest BCUT2D eigenvalue weighted by atomic mass is 10.1. The van der Waals surface area contributed by atoms with Crippen LogP contribution in [0, 0.1) is 0 Å². The number of anilines is 2. The van der Waals surface area contributed by atoms with Crippen molar-refractivity contribution in [3.63, 3.8) is 0 Å². The van der Waals surface area contributed by atoms with E-state index < -0.39 is 0 Å². The van der Waals surface area contributed by atoms with Crippen LogP contribution in [0.1, 0.15) is 12.5 Å². The Balaban J connectivity index is 1.29. The molecule has 3 aromatic rings. The third-order valence-electron chi connectivity index (χ3n) is 5.73. The molecule has 0 bridgehead atoms. The number of nitrogen functional groups attached to an aromatic ring is 1. The van der Waals surface area contributed by atoms with Crippen molar-refractivity contribution in [1.29, 1.82) is 0 Å². The highest BCUT2D eigenvalue weighted by Gasteiger charge is 2.27. The van der Waals surface area contributed by atoms with Crippen LogP contribution in [0.5, 0.6) is 17.2 Å². The van der Waals surface area contributed by atoms with Crippen molar-refractivity contribution < 1.29 is 14.6 Å². The van der Waals surface area contributed by atoms with Gasteiger partial charge in [-0.15, -0.1) is 0 Å². The minimum Gasteiger partial charge on any atom is -0.508 e. The number of nitrogens with zero attached hydrogens (tertiary/aromatic N) is 5. The Kier molecular flexibility index (Phi) is 5.40. The Morgan fingerprint density at radius 1 is 1.03 bits per heavy atom. The molecule has 0 amide bonds. The minimum atomic E-state index is 0.157. The summed E-state index contributed by atoms with van der Waals surface area (Å²) in [6, 6.07) is 13.2. The van der Waals surface area contributed by atoms with E-state index in [2.05, 4.69) is 43.8 Å². The molecule has 3 N–H and O–H groups in total. The summed E-state index contributed by atoms with van der Waals surface area (Å²) in [7, 11) is 0. The van der Waals surface area contributed by atoms with E-state index >= 15 is 0 Å². The zero-order valence-corrected chi connectivity index (χ0v) is 17.9. The zero-order valence-electron chi connectivity index (χ0n) is 17.9. The molecule has 166 valence electrons. The Hall–Kier alpha value is -3.59. The zero-order chi connectivity index (χ0) is 22.1. The second kappa shape index (κ2) is 8.51. The van der Waals surface area contributed by atoms with Crippen molar-refractivity contribution in [2.75, 3.05) is 43.5 Å². The predicted octanol–water partition coefficient (Wildman–Crippen LogP) is 2.31. The summed E-state index contributed by atoms with van der Waals surface area (Å²) in [6.07, 6.45) is 0. The molecule has 9 nitrogen and oxygen atoms in total. The first-order chi connectivity index (χ1) is 15.5. The molecule has 0 saturated carbocycles. The average Bonchev–Trinajstić information content (AvgIpc) is 2.79. The predicted molar refractivity (Wildman–Crippen MR) is 121 cm³/mol. The van der Waals surface area contributed by atoms with E-state index in [0.717, 1.165) is 37.7 Å². The van der Waals surface area contributed by atoms with Gasteiger partial charge in [-0.25, -0.2) is 0 Å². The average molecular weight is 435 g/mol. The van der Waals surface area contributed by atoms with E-state index in [1.165, 1.54) is 5.56 Å². The molecule has 32 heavy (non-hydrogen) atoms. The van der Waals surface area contributed by atoms with Crippen LogP contribution in [-0.2, 0) is 6.54 Å². The molecule has 5 rings (SSSR count). The summed E-state index contributed by atoms with van der Waals surface area (Å²) in [4.78, 5) is 17.8. The van der Waals surface area contributed by atoms with Gasteiger partial charge in [-0.3, -0.25) is 4.90 Å². The van der Waals surface area contributed by atoms with Gasteiger partial charge < -0.3 is 25.2 Å². The standard InChI is InChI=1S/C23H26N6O3/c1-15-13-28(14-16-5-6-19-20(11-16)32-10-9-31-19)7-8-29(15)23-26-21(25-22(24)27-23)17-3-2-4-18(30)12-17/h2-6,11-12,15,30H,7-10,13-14H2,1H3,(H2,24,25,26,27)/t15-/m0/s1. The number of ether oxygens (including phenoxy) is 2. The van der Waals surface area contributed by atoms with Gasteiger partial charge in [0.05, 0.1) is 0 Å². The van der Waals surface area contributed by atoms with Crippen LogP contribution in [0.3, 0.4) is 0 Å². The number of phenols is 1. The van der Waals surface area contributed by atoms with Crippen LogP contribution in [0.4, 0.5) is 11.9 Å². The first-order valence-electron chi connectivity index (χ1n) is 10.7. The molecule has 0 radical (unpaired) electrons. The fourth-order valence-electron chi connectivity index (χ4n) is 4.20. The fraction of sp³-hybridized carbons (Fsp3) is 0.348. The molecule has 9 heteroatoms. The van der Waals surface area contributed by atoms with E-state index in [0.29, 0.717) is 30.5 Å². The van der Waals surface area contributed by atoms with Crippen LogP contribution in [0.25, 0.3) is 11.4 Å². The minimum absolute atomic E-state index is 0.157. The quantitative estimate of drug-likeness (QED) is 0.639. The van der Waals surface area contributed by atoms with Crippen LogP contribution in [0.2, 0.25) is 0 Å². The Morgan fingerprint density at radius 2 is 1.88 bits per heavy atom. The molecule has 2 aromatic carbocycles. The highest BCUT2D eigenvalue weighted by molar-refractivity contribution is 5.60. The molecule has 0 spiro atoms. The molecule has 2 aliphatic rings. The van der Waals surface area contributed by atoms with Crippen LogP contribution >= 0.6 is 0 Å². The highest BCUT2D eigenvalue weighted by Crippen LogP contribution is 2.31. The Morgan fingerprint density at radius 3 is 2.69 bits per heavy atom. The summed E-state index contributed by atoms with van der Waals surface area (Å²) in [6.45, 7) is 6.68. The lowest BCUT2D eigenvalue weighted by Crippen LogP contribution is -2.52. The largest absolute Gasteiger partial charge is 0.508 e. The van der Waals surface area contributed by atoms with Gasteiger partial charge in [0.15, 0.2) is 17.3 Å². The maximum Gasteiger partial charge on any atom is 0.231 e. The highest BCUT2D eigenvalue weighted by atomic mass is 16.6. The van der Waals surface area contributed by atoms with Gasteiger partial charge in [0.2, 0.25) is 11.9 Å². The molecular weight excluding hydrogens is 408 g/mol. The van der Waals surface area contributed by atoms with Crippen LogP contribution < -0.4 is 20.1 Å². The smallest absolute Gasteiger partial charge is 0.231 e. The maximum absolute atomic E-state index is 9.79. The topological polar surface area (TPSA) is 110 Å². The first-order valence-corrected chi connectivity index (χ1v) is 10.7. The molecule has 0 aliphatic carbocycles. The van der Waals surface area contributed by atoms with Crippen molar-refractivity contribution in [3.8, 4) is 28.6 Å². The van der Waals surface area contributed by atoms with Crippen molar-refractivity contribution in [3.05, 3.63) is 48.0 Å². The first kappa shape index (κ1) is 20.3. The maximum atomic E-state index is 9.79. The molecule has 1 aromatic heterocycles. The molecule has 2 aliphatic heterocycles. The number of benzene rings is 2. The number of piperazine rings is 1. The number of aromatic hydroxyl groups is 1. The summed E-state index contributed by atoms with van der Waals surface area (Å²) in [5, 5.41) is 9.79. The van der Waals surface area contributed by atoms with Crippen molar-refractivity contribution >= 4 is 11.9 Å². The lowest BCUT2D eigenvalue weighted by molar-refractivity contribution is 0.170. The van der Waals surface area contributed by atoms with Gasteiger partial charge in [-0.05, 0) is 36.8 Å². The number of rotatable bonds is 4. The third kappa shape index (κ3) is 4.24. The molecule has 0 unspecified atom stereocenters. The SMILES string of the molecule is C[C@H]1CN(Cc2ccc3c(c2)OCCO3)CCN1c1nc(N)nc(-c2cccc(O)c2)n1. The van der Waals surface area contributed by atoms with E-state index in [1.807, 2.05) is 12.1 Å². The molecule has 1 atom stereocenters. The number of hydrogen-bond acceptors (Lipinski definition) is 9. The van der Waals surface area contributed by atoms with E-state index in [4.69, 9.17) is 15.2 Å². The fourth-order valence-corrected chi connectivity index (χ4v) is 4.20. The number of phenolic OH excluding ortho intramolecular Hbond substituents is 1. The van der Waals surface area contributed by atoms with Crippen molar-refractivity contribution in [2.45, 2.75) is 19.5 Å². The number of aromatic nitrogens is 3. The molecule has 1 fully saturated rings. The van der Waals surface area contributed by atoms with Crippen LogP contribution in [-0.4, -0.2) is 63.8 Å². The molecule has 3 heterocycles. The van der Waals surface area contributed by atoms with Gasteiger partial charge in [0.1, 0.15) is 19.0 Å². The monoisotopic (exact) mass is 434 g/mol. The normalized spacial score (nSPS) is 18.5.